The summed E-state index contributed by atoms with van der Waals surface area (Å²) in [5.41, 5.74) is 2.24. The summed E-state index contributed by atoms with van der Waals surface area (Å²) in [6, 6.07) is 5.89. The first-order chi connectivity index (χ1) is 8.61. The maximum Gasteiger partial charge on any atom is 0.323 e. The molecule has 2 rings (SSSR count). The van der Waals surface area contributed by atoms with Crippen molar-refractivity contribution < 1.29 is 14.3 Å². The third-order valence-electron chi connectivity index (χ3n) is 3.24. The van der Waals surface area contributed by atoms with Crippen molar-refractivity contribution in [2.45, 2.75) is 32.4 Å². The minimum absolute atomic E-state index is 0.0514. The second kappa shape index (κ2) is 5.40. The molecule has 1 saturated heterocycles. The number of esters is 1. The minimum atomic E-state index is -0.204. The average molecular weight is 249 g/mol. The van der Waals surface area contributed by atoms with Crippen LogP contribution >= 0.6 is 0 Å². The van der Waals surface area contributed by atoms with Crippen LogP contribution in [0.25, 0.3) is 0 Å². The zero-order valence-corrected chi connectivity index (χ0v) is 11.0. The van der Waals surface area contributed by atoms with E-state index in [0.29, 0.717) is 6.61 Å². The van der Waals surface area contributed by atoms with Crippen LogP contribution in [0.1, 0.15) is 30.5 Å². The minimum Gasteiger partial charge on any atom is -0.496 e. The number of cyclic esters (lactones) is 1. The molecule has 0 bridgehead atoms. The molecule has 0 amide bonds. The Bertz CT molecular complexity index is 445. The summed E-state index contributed by atoms with van der Waals surface area (Å²) in [4.78, 5) is 11.4. The zero-order chi connectivity index (χ0) is 13.1. The van der Waals surface area contributed by atoms with Gasteiger partial charge in [0.2, 0.25) is 0 Å². The number of aryl methyl sites for hydroxylation is 1. The van der Waals surface area contributed by atoms with Gasteiger partial charge in [0.15, 0.2) is 0 Å². The summed E-state index contributed by atoms with van der Waals surface area (Å²) < 4.78 is 10.3. The second-order valence-corrected chi connectivity index (χ2v) is 4.64. The van der Waals surface area contributed by atoms with Crippen molar-refractivity contribution in [3.05, 3.63) is 29.3 Å². The van der Waals surface area contributed by atoms with Gasteiger partial charge >= 0.3 is 5.97 Å². The van der Waals surface area contributed by atoms with Crippen molar-refractivity contribution >= 4 is 5.97 Å². The fourth-order valence-electron chi connectivity index (χ4n) is 2.23. The van der Waals surface area contributed by atoms with E-state index in [1.807, 2.05) is 26.0 Å². The van der Waals surface area contributed by atoms with Crippen molar-refractivity contribution in [2.75, 3.05) is 13.7 Å². The molecule has 1 aliphatic rings. The Morgan fingerprint density at radius 2 is 2.28 bits per heavy atom. The van der Waals surface area contributed by atoms with E-state index >= 15 is 0 Å². The van der Waals surface area contributed by atoms with Crippen molar-refractivity contribution in [1.82, 2.24) is 5.32 Å². The van der Waals surface area contributed by atoms with Crippen molar-refractivity contribution in [1.29, 1.82) is 0 Å². The van der Waals surface area contributed by atoms with E-state index in [1.54, 1.807) is 7.11 Å². The molecule has 0 saturated carbocycles. The molecule has 0 spiro atoms. The number of hydrogen-bond acceptors (Lipinski definition) is 4. The van der Waals surface area contributed by atoms with Gasteiger partial charge in [0.1, 0.15) is 11.8 Å². The van der Waals surface area contributed by atoms with Gasteiger partial charge in [-0.1, -0.05) is 17.7 Å². The van der Waals surface area contributed by atoms with Crippen LogP contribution in [0.3, 0.4) is 0 Å². The Morgan fingerprint density at radius 1 is 1.50 bits per heavy atom. The number of hydrogen-bond donors (Lipinski definition) is 1. The molecule has 0 aliphatic carbocycles. The molecule has 2 unspecified atom stereocenters. The number of benzene rings is 1. The van der Waals surface area contributed by atoms with Gasteiger partial charge in [-0.05, 0) is 19.9 Å². The van der Waals surface area contributed by atoms with Crippen LogP contribution in [0.4, 0.5) is 0 Å². The predicted octanol–water partition coefficient (Wildman–Crippen LogP) is 1.97. The van der Waals surface area contributed by atoms with Gasteiger partial charge < -0.3 is 9.47 Å². The lowest BCUT2D eigenvalue weighted by Crippen LogP contribution is -2.35. The predicted molar refractivity (Wildman–Crippen MR) is 68.6 cm³/mol. The lowest BCUT2D eigenvalue weighted by molar-refractivity contribution is -0.139. The number of carbonyl (C=O) groups excluding carboxylic acids is 1. The van der Waals surface area contributed by atoms with Crippen LogP contribution in [0.5, 0.6) is 5.75 Å². The second-order valence-electron chi connectivity index (χ2n) is 4.64. The number of nitrogens with one attached hydrogen (secondary N) is 1. The van der Waals surface area contributed by atoms with Gasteiger partial charge in [-0.25, -0.2) is 0 Å². The molecule has 98 valence electrons. The van der Waals surface area contributed by atoms with Crippen molar-refractivity contribution in [3.63, 3.8) is 0 Å². The molecule has 1 aromatic rings. The van der Waals surface area contributed by atoms with E-state index in [-0.39, 0.29) is 18.1 Å². The molecular formula is C14H19NO3. The largest absolute Gasteiger partial charge is 0.496 e. The highest BCUT2D eigenvalue weighted by Crippen LogP contribution is 2.27. The van der Waals surface area contributed by atoms with Gasteiger partial charge in [-0.15, -0.1) is 0 Å². The maximum atomic E-state index is 11.4. The van der Waals surface area contributed by atoms with E-state index in [1.165, 1.54) is 5.56 Å². The highest BCUT2D eigenvalue weighted by Gasteiger charge is 2.28. The van der Waals surface area contributed by atoms with E-state index in [4.69, 9.17) is 9.47 Å². The molecule has 1 fully saturated rings. The summed E-state index contributed by atoms with van der Waals surface area (Å²) in [5, 5.41) is 3.29. The van der Waals surface area contributed by atoms with Gasteiger partial charge in [-0.2, -0.15) is 0 Å². The molecule has 1 N–H and O–H groups in total. The van der Waals surface area contributed by atoms with Crippen molar-refractivity contribution in [3.8, 4) is 5.75 Å². The summed E-state index contributed by atoms with van der Waals surface area (Å²) in [6.07, 6.45) is 0.733. The smallest absolute Gasteiger partial charge is 0.323 e. The molecule has 1 aromatic carbocycles. The van der Waals surface area contributed by atoms with E-state index in [0.717, 1.165) is 17.7 Å². The molecular weight excluding hydrogens is 230 g/mol. The Hall–Kier alpha value is -1.55. The highest BCUT2D eigenvalue weighted by molar-refractivity contribution is 5.77. The highest BCUT2D eigenvalue weighted by atomic mass is 16.5. The molecule has 0 aromatic heterocycles. The van der Waals surface area contributed by atoms with Crippen LogP contribution in [0.15, 0.2) is 18.2 Å². The number of rotatable bonds is 4. The third-order valence-corrected chi connectivity index (χ3v) is 3.24. The molecule has 1 aliphatic heterocycles. The topological polar surface area (TPSA) is 47.6 Å². The summed E-state index contributed by atoms with van der Waals surface area (Å²) in [6.45, 7) is 4.58. The first-order valence-electron chi connectivity index (χ1n) is 6.19. The fourth-order valence-corrected chi connectivity index (χ4v) is 2.23. The zero-order valence-electron chi connectivity index (χ0n) is 11.0. The fraction of sp³-hybridized carbons (Fsp3) is 0.500. The lowest BCUT2D eigenvalue weighted by Gasteiger charge is -2.20. The Balaban J connectivity index is 2.14. The number of carbonyl (C=O) groups is 1. The first kappa shape index (κ1) is 12.9. The van der Waals surface area contributed by atoms with Gasteiger partial charge in [0.05, 0.1) is 13.7 Å². The average Bonchev–Trinajstić information content (AvgIpc) is 2.75. The first-order valence-corrected chi connectivity index (χ1v) is 6.19. The van der Waals surface area contributed by atoms with Gasteiger partial charge in [0, 0.05) is 18.0 Å². The van der Waals surface area contributed by atoms with Crippen LogP contribution < -0.4 is 10.1 Å². The standard InChI is InChI=1S/C14H19NO3/c1-9-4-5-13(17-3)11(8-9)10(2)15-12-6-7-18-14(12)16/h4-5,8,10,12,15H,6-7H2,1-3H3. The van der Waals surface area contributed by atoms with Gasteiger partial charge in [-0.3, -0.25) is 10.1 Å². The third kappa shape index (κ3) is 2.64. The van der Waals surface area contributed by atoms with Crippen LogP contribution in [0, 0.1) is 6.92 Å². The Kier molecular flexibility index (Phi) is 3.87. The van der Waals surface area contributed by atoms with Crippen LogP contribution in [-0.2, 0) is 9.53 Å². The van der Waals surface area contributed by atoms with E-state index in [2.05, 4.69) is 11.4 Å². The maximum absolute atomic E-state index is 11.4. The summed E-state index contributed by atoms with van der Waals surface area (Å²) >= 11 is 0. The van der Waals surface area contributed by atoms with Crippen LogP contribution in [0.2, 0.25) is 0 Å². The molecule has 2 atom stereocenters. The monoisotopic (exact) mass is 249 g/mol. The Morgan fingerprint density at radius 3 is 2.89 bits per heavy atom. The van der Waals surface area contributed by atoms with Gasteiger partial charge in [0.25, 0.3) is 0 Å². The normalized spacial score (nSPS) is 20.6. The number of ether oxygens (including phenoxy) is 2. The summed E-state index contributed by atoms with van der Waals surface area (Å²) in [7, 11) is 1.66. The van der Waals surface area contributed by atoms with Crippen LogP contribution in [-0.4, -0.2) is 25.7 Å². The molecule has 0 radical (unpaired) electrons. The quantitative estimate of drug-likeness (QED) is 0.829. The lowest BCUT2D eigenvalue weighted by atomic mass is 10.0. The van der Waals surface area contributed by atoms with Crippen molar-refractivity contribution in [2.24, 2.45) is 0 Å². The summed E-state index contributed by atoms with van der Waals surface area (Å²) in [5.74, 6) is 0.681. The molecule has 4 heteroatoms. The Labute approximate surface area is 107 Å². The molecule has 18 heavy (non-hydrogen) atoms. The van der Waals surface area contributed by atoms with E-state index in [9.17, 15) is 4.79 Å². The molecule has 1 heterocycles. The molecule has 4 nitrogen and oxygen atoms in total. The number of methoxy groups -OCH3 is 1. The van der Waals surface area contributed by atoms with E-state index < -0.39 is 0 Å². The SMILES string of the molecule is COc1ccc(C)cc1C(C)NC1CCOC1=O.